The third-order valence-corrected chi connectivity index (χ3v) is 5.99. The SMILES string of the molecule is CCCn1cc(-c2ccnc(Nc3cccc(C)c3)n2)c2cccnc21.CN1CCN(C=O)CC1. The number of aromatic nitrogens is 4. The highest BCUT2D eigenvalue weighted by molar-refractivity contribution is 5.93. The molecular formula is C27H33N7O. The lowest BCUT2D eigenvalue weighted by Gasteiger charge is -2.29. The fraction of sp³-hybridized carbons (Fsp3) is 0.333. The molecule has 8 nitrogen and oxygen atoms in total. The van der Waals surface area contributed by atoms with E-state index in [1.807, 2.05) is 30.5 Å². The molecule has 0 spiro atoms. The van der Waals surface area contributed by atoms with Gasteiger partial charge in [-0.3, -0.25) is 4.79 Å². The van der Waals surface area contributed by atoms with E-state index in [1.165, 1.54) is 5.56 Å². The molecule has 0 bridgehead atoms. The highest BCUT2D eigenvalue weighted by atomic mass is 16.1. The van der Waals surface area contributed by atoms with Crippen LogP contribution in [0.5, 0.6) is 0 Å². The van der Waals surface area contributed by atoms with Crippen molar-refractivity contribution >= 4 is 29.1 Å². The summed E-state index contributed by atoms with van der Waals surface area (Å²) in [6.07, 6.45) is 7.75. The summed E-state index contributed by atoms with van der Waals surface area (Å²) in [5.74, 6) is 0.591. The molecule has 5 rings (SSSR count). The van der Waals surface area contributed by atoms with E-state index in [1.54, 1.807) is 11.1 Å². The van der Waals surface area contributed by atoms with Gasteiger partial charge in [-0.15, -0.1) is 0 Å². The monoisotopic (exact) mass is 471 g/mol. The van der Waals surface area contributed by atoms with E-state index in [0.29, 0.717) is 5.95 Å². The van der Waals surface area contributed by atoms with Gasteiger partial charge in [-0.25, -0.2) is 15.0 Å². The van der Waals surface area contributed by atoms with E-state index >= 15 is 0 Å². The number of carbonyl (C=O) groups is 1. The lowest BCUT2D eigenvalue weighted by atomic mass is 10.1. The summed E-state index contributed by atoms with van der Waals surface area (Å²) in [7, 11) is 2.07. The number of hydrogen-bond donors (Lipinski definition) is 1. The van der Waals surface area contributed by atoms with Gasteiger partial charge in [0.2, 0.25) is 12.4 Å². The highest BCUT2D eigenvalue weighted by Crippen LogP contribution is 2.29. The van der Waals surface area contributed by atoms with Crippen LogP contribution in [0.2, 0.25) is 0 Å². The number of aryl methyl sites for hydroxylation is 2. The third kappa shape index (κ3) is 6.22. The normalized spacial score (nSPS) is 13.9. The first-order chi connectivity index (χ1) is 17.1. The summed E-state index contributed by atoms with van der Waals surface area (Å²) in [5.41, 5.74) is 5.15. The van der Waals surface area contributed by atoms with Crippen molar-refractivity contribution in [2.45, 2.75) is 26.8 Å². The molecule has 1 N–H and O–H groups in total. The van der Waals surface area contributed by atoms with Crippen molar-refractivity contribution < 1.29 is 4.79 Å². The van der Waals surface area contributed by atoms with Crippen LogP contribution in [0.25, 0.3) is 22.3 Å². The van der Waals surface area contributed by atoms with Crippen LogP contribution in [0.1, 0.15) is 18.9 Å². The summed E-state index contributed by atoms with van der Waals surface area (Å²) < 4.78 is 2.19. The van der Waals surface area contributed by atoms with Gasteiger partial charge in [-0.1, -0.05) is 19.1 Å². The molecule has 182 valence electrons. The second kappa shape index (κ2) is 11.6. The number of pyridine rings is 1. The number of benzene rings is 1. The van der Waals surface area contributed by atoms with Crippen molar-refractivity contribution in [1.82, 2.24) is 29.3 Å². The summed E-state index contributed by atoms with van der Waals surface area (Å²) in [4.78, 5) is 27.8. The first kappa shape index (κ1) is 24.3. The molecule has 0 aliphatic carbocycles. The lowest BCUT2D eigenvalue weighted by Crippen LogP contribution is -2.43. The third-order valence-electron chi connectivity index (χ3n) is 5.99. The van der Waals surface area contributed by atoms with E-state index in [-0.39, 0.29) is 0 Å². The largest absolute Gasteiger partial charge is 0.343 e. The van der Waals surface area contributed by atoms with Crippen LogP contribution in [0.3, 0.4) is 0 Å². The number of amides is 1. The van der Waals surface area contributed by atoms with Gasteiger partial charge in [0.25, 0.3) is 0 Å². The van der Waals surface area contributed by atoms with Crippen LogP contribution < -0.4 is 5.32 Å². The minimum Gasteiger partial charge on any atom is -0.343 e. The average molecular weight is 472 g/mol. The number of hydrogen-bond acceptors (Lipinski definition) is 6. The number of carbonyl (C=O) groups excluding carboxylic acids is 1. The van der Waals surface area contributed by atoms with Gasteiger partial charge in [-0.05, 0) is 56.3 Å². The first-order valence-electron chi connectivity index (χ1n) is 12.1. The lowest BCUT2D eigenvalue weighted by molar-refractivity contribution is -0.119. The Morgan fingerprint density at radius 2 is 1.86 bits per heavy atom. The highest BCUT2D eigenvalue weighted by Gasteiger charge is 2.13. The number of piperazine rings is 1. The summed E-state index contributed by atoms with van der Waals surface area (Å²) in [6.45, 7) is 8.98. The molecule has 1 fully saturated rings. The van der Waals surface area contributed by atoms with Crippen molar-refractivity contribution in [2.24, 2.45) is 0 Å². The molecular weight excluding hydrogens is 438 g/mol. The molecule has 0 saturated carbocycles. The average Bonchev–Trinajstić information content (AvgIpc) is 3.24. The van der Waals surface area contributed by atoms with Gasteiger partial charge >= 0.3 is 0 Å². The molecule has 8 heteroatoms. The molecule has 1 saturated heterocycles. The molecule has 0 unspecified atom stereocenters. The predicted octanol–water partition coefficient (Wildman–Crippen LogP) is 4.35. The standard InChI is InChI=1S/C21H21N5.C6H12N2O/c1-3-12-26-14-18(17-8-5-10-22-20(17)26)19-9-11-23-21(25-19)24-16-7-4-6-15(2)13-16;1-7-2-4-8(6-9)5-3-7/h4-11,13-14H,3,12H2,1-2H3,(H,23,24,25);6H,2-5H2,1H3. The second-order valence-electron chi connectivity index (χ2n) is 8.82. The fourth-order valence-electron chi connectivity index (χ4n) is 4.09. The van der Waals surface area contributed by atoms with Gasteiger partial charge < -0.3 is 19.7 Å². The minimum absolute atomic E-state index is 0.591. The van der Waals surface area contributed by atoms with Crippen molar-refractivity contribution in [3.8, 4) is 11.3 Å². The van der Waals surface area contributed by atoms with Crippen LogP contribution in [0.15, 0.2) is 61.1 Å². The Labute approximate surface area is 206 Å². The topological polar surface area (TPSA) is 79.2 Å². The number of anilines is 2. The molecule has 35 heavy (non-hydrogen) atoms. The van der Waals surface area contributed by atoms with Crippen LogP contribution in [0, 0.1) is 6.92 Å². The smallest absolute Gasteiger partial charge is 0.227 e. The molecule has 4 heterocycles. The van der Waals surface area contributed by atoms with Gasteiger partial charge in [0.05, 0.1) is 5.69 Å². The van der Waals surface area contributed by atoms with E-state index in [2.05, 4.69) is 70.0 Å². The van der Waals surface area contributed by atoms with Crippen LogP contribution in [0.4, 0.5) is 11.6 Å². The quantitative estimate of drug-likeness (QED) is 0.421. The molecule has 1 amide bonds. The zero-order chi connectivity index (χ0) is 24.6. The van der Waals surface area contributed by atoms with Crippen LogP contribution in [-0.4, -0.2) is 69.0 Å². The molecule has 1 aliphatic heterocycles. The molecule has 1 aliphatic rings. The number of nitrogens with one attached hydrogen (secondary N) is 1. The van der Waals surface area contributed by atoms with Gasteiger partial charge in [0.15, 0.2) is 0 Å². The molecule has 4 aromatic rings. The van der Waals surface area contributed by atoms with Crippen LogP contribution in [-0.2, 0) is 11.3 Å². The Morgan fingerprint density at radius 3 is 2.60 bits per heavy atom. The Kier molecular flexibility index (Phi) is 8.05. The second-order valence-corrected chi connectivity index (χ2v) is 8.82. The Morgan fingerprint density at radius 1 is 1.03 bits per heavy atom. The van der Waals surface area contributed by atoms with E-state index in [0.717, 1.165) is 73.5 Å². The maximum absolute atomic E-state index is 10.2. The molecule has 0 atom stereocenters. The van der Waals surface area contributed by atoms with Gasteiger partial charge in [0.1, 0.15) is 5.65 Å². The van der Waals surface area contributed by atoms with E-state index in [4.69, 9.17) is 4.98 Å². The first-order valence-corrected chi connectivity index (χ1v) is 12.1. The number of likely N-dealkylation sites (N-methyl/N-ethyl adjacent to an activating group) is 1. The van der Waals surface area contributed by atoms with Crippen molar-refractivity contribution in [3.05, 3.63) is 66.6 Å². The Bertz CT molecular complexity index is 1260. The molecule has 3 aromatic heterocycles. The molecule has 1 aromatic carbocycles. The van der Waals surface area contributed by atoms with Crippen molar-refractivity contribution in [1.29, 1.82) is 0 Å². The summed E-state index contributed by atoms with van der Waals surface area (Å²) >= 11 is 0. The number of nitrogens with zero attached hydrogens (tertiary/aromatic N) is 6. The molecule has 0 radical (unpaired) electrons. The minimum atomic E-state index is 0.591. The fourth-order valence-corrected chi connectivity index (χ4v) is 4.09. The maximum atomic E-state index is 10.2. The zero-order valence-corrected chi connectivity index (χ0v) is 20.7. The number of fused-ring (bicyclic) bond motifs is 1. The van der Waals surface area contributed by atoms with E-state index in [9.17, 15) is 4.79 Å². The van der Waals surface area contributed by atoms with Gasteiger partial charge in [0, 0.05) is 68.0 Å². The summed E-state index contributed by atoms with van der Waals surface area (Å²) in [5, 5.41) is 4.40. The van der Waals surface area contributed by atoms with Crippen molar-refractivity contribution in [2.75, 3.05) is 38.5 Å². The maximum Gasteiger partial charge on any atom is 0.227 e. The van der Waals surface area contributed by atoms with Gasteiger partial charge in [-0.2, -0.15) is 0 Å². The predicted molar refractivity (Wildman–Crippen MR) is 141 cm³/mol. The Hall–Kier alpha value is -3.78. The Balaban J connectivity index is 0.000000271. The number of rotatable bonds is 6. The zero-order valence-electron chi connectivity index (χ0n) is 20.7. The summed E-state index contributed by atoms with van der Waals surface area (Å²) in [6, 6.07) is 14.2. The van der Waals surface area contributed by atoms with Crippen LogP contribution >= 0.6 is 0 Å². The van der Waals surface area contributed by atoms with E-state index < -0.39 is 0 Å². The van der Waals surface area contributed by atoms with Crippen molar-refractivity contribution in [3.63, 3.8) is 0 Å².